The Morgan fingerprint density at radius 1 is 1.53 bits per heavy atom. The molecule has 0 aromatic heterocycles. The van der Waals surface area contributed by atoms with E-state index in [1.807, 2.05) is 0 Å². The average molecular weight is 253 g/mol. The van der Waals surface area contributed by atoms with Gasteiger partial charge >= 0.3 is 12.3 Å². The maximum absolute atomic E-state index is 12.0. The molecule has 98 valence electrons. The van der Waals surface area contributed by atoms with E-state index in [1.54, 1.807) is 13.8 Å². The lowest BCUT2D eigenvalue weighted by Gasteiger charge is -2.22. The van der Waals surface area contributed by atoms with E-state index in [-0.39, 0.29) is 12.5 Å². The standard InChI is InChI=1S/C10H14F3NO3/c1-6(2)7-5-17-9(16)14(7)8(15)3-4-10(11,12)13/h6-7H,3-5H2,1-2H3/t7-/m1/s1. The molecule has 0 aromatic carbocycles. The van der Waals surface area contributed by atoms with Crippen LogP contribution in [0, 0.1) is 5.92 Å². The van der Waals surface area contributed by atoms with Crippen LogP contribution >= 0.6 is 0 Å². The number of hydrogen-bond acceptors (Lipinski definition) is 3. The predicted octanol–water partition coefficient (Wildman–Crippen LogP) is 2.33. The fraction of sp³-hybridized carbons (Fsp3) is 0.800. The van der Waals surface area contributed by atoms with Crippen molar-refractivity contribution in [3.63, 3.8) is 0 Å². The van der Waals surface area contributed by atoms with Gasteiger partial charge in [0.2, 0.25) is 5.91 Å². The molecule has 0 radical (unpaired) electrons. The summed E-state index contributed by atoms with van der Waals surface area (Å²) in [5, 5.41) is 0. The van der Waals surface area contributed by atoms with E-state index in [4.69, 9.17) is 0 Å². The Morgan fingerprint density at radius 2 is 2.12 bits per heavy atom. The second kappa shape index (κ2) is 4.93. The number of carbonyl (C=O) groups excluding carboxylic acids is 2. The van der Waals surface area contributed by atoms with Crippen LogP contribution in [-0.4, -0.2) is 35.7 Å². The molecule has 0 N–H and O–H groups in total. The van der Waals surface area contributed by atoms with Gasteiger partial charge in [0.1, 0.15) is 6.61 Å². The number of hydrogen-bond donors (Lipinski definition) is 0. The number of amides is 2. The van der Waals surface area contributed by atoms with Crippen molar-refractivity contribution in [1.82, 2.24) is 4.90 Å². The molecule has 4 nitrogen and oxygen atoms in total. The highest BCUT2D eigenvalue weighted by Gasteiger charge is 2.40. The summed E-state index contributed by atoms with van der Waals surface area (Å²) in [5.41, 5.74) is 0. The molecule has 0 aliphatic carbocycles. The van der Waals surface area contributed by atoms with Crippen molar-refractivity contribution in [2.45, 2.75) is 38.9 Å². The highest BCUT2D eigenvalue weighted by Crippen LogP contribution is 2.25. The maximum Gasteiger partial charge on any atom is 0.416 e. The molecule has 0 spiro atoms. The zero-order chi connectivity index (χ0) is 13.2. The lowest BCUT2D eigenvalue weighted by molar-refractivity contribution is -0.148. The molecule has 1 fully saturated rings. The van der Waals surface area contributed by atoms with Crippen LogP contribution in [0.25, 0.3) is 0 Å². The lowest BCUT2D eigenvalue weighted by atomic mass is 10.0. The zero-order valence-electron chi connectivity index (χ0n) is 9.58. The summed E-state index contributed by atoms with van der Waals surface area (Å²) in [5.74, 6) is -0.875. The van der Waals surface area contributed by atoms with Gasteiger partial charge in [0, 0.05) is 6.42 Å². The predicted molar refractivity (Wildman–Crippen MR) is 52.1 cm³/mol. The van der Waals surface area contributed by atoms with E-state index in [0.717, 1.165) is 4.90 Å². The van der Waals surface area contributed by atoms with Crippen molar-refractivity contribution in [1.29, 1.82) is 0 Å². The summed E-state index contributed by atoms with van der Waals surface area (Å²) in [6.45, 7) is 3.60. The monoisotopic (exact) mass is 253 g/mol. The van der Waals surface area contributed by atoms with Crippen LogP contribution < -0.4 is 0 Å². The van der Waals surface area contributed by atoms with E-state index in [9.17, 15) is 22.8 Å². The Hall–Kier alpha value is -1.27. The van der Waals surface area contributed by atoms with Gasteiger partial charge in [-0.3, -0.25) is 4.79 Å². The van der Waals surface area contributed by atoms with Gasteiger partial charge in [-0.1, -0.05) is 13.8 Å². The maximum atomic E-state index is 12.0. The first-order valence-corrected chi connectivity index (χ1v) is 5.28. The van der Waals surface area contributed by atoms with Crippen molar-refractivity contribution in [3.05, 3.63) is 0 Å². The van der Waals surface area contributed by atoms with Crippen molar-refractivity contribution in [2.75, 3.05) is 6.61 Å². The highest BCUT2D eigenvalue weighted by molar-refractivity contribution is 5.93. The fourth-order valence-corrected chi connectivity index (χ4v) is 1.58. The van der Waals surface area contributed by atoms with Crippen LogP contribution in [0.5, 0.6) is 0 Å². The van der Waals surface area contributed by atoms with Crippen LogP contribution in [0.4, 0.5) is 18.0 Å². The summed E-state index contributed by atoms with van der Waals surface area (Å²) in [6, 6.07) is -0.469. The normalized spacial score (nSPS) is 20.9. The van der Waals surface area contributed by atoms with E-state index in [2.05, 4.69) is 4.74 Å². The van der Waals surface area contributed by atoms with Gasteiger partial charge in [0.25, 0.3) is 0 Å². The number of ether oxygens (including phenoxy) is 1. The quantitative estimate of drug-likeness (QED) is 0.775. The lowest BCUT2D eigenvalue weighted by Crippen LogP contribution is -2.42. The number of alkyl halides is 3. The topological polar surface area (TPSA) is 46.6 Å². The molecule has 1 aliphatic heterocycles. The van der Waals surface area contributed by atoms with Crippen molar-refractivity contribution >= 4 is 12.0 Å². The smallest absolute Gasteiger partial charge is 0.416 e. The molecule has 1 heterocycles. The van der Waals surface area contributed by atoms with Gasteiger partial charge in [-0.05, 0) is 5.92 Å². The summed E-state index contributed by atoms with van der Waals surface area (Å²) < 4.78 is 40.6. The van der Waals surface area contributed by atoms with Crippen LogP contribution in [-0.2, 0) is 9.53 Å². The Labute approximate surface area is 96.7 Å². The molecule has 7 heteroatoms. The van der Waals surface area contributed by atoms with Gasteiger partial charge in [0.15, 0.2) is 0 Å². The van der Waals surface area contributed by atoms with Gasteiger partial charge in [0.05, 0.1) is 12.5 Å². The number of carbonyl (C=O) groups is 2. The number of imide groups is 1. The summed E-state index contributed by atoms with van der Waals surface area (Å²) >= 11 is 0. The van der Waals surface area contributed by atoms with Gasteiger partial charge in [-0.25, -0.2) is 9.69 Å². The third kappa shape index (κ3) is 3.61. The van der Waals surface area contributed by atoms with Crippen molar-refractivity contribution in [2.24, 2.45) is 5.92 Å². The van der Waals surface area contributed by atoms with Crippen LogP contribution in [0.1, 0.15) is 26.7 Å². The van der Waals surface area contributed by atoms with Crippen LogP contribution in [0.2, 0.25) is 0 Å². The number of nitrogens with zero attached hydrogens (tertiary/aromatic N) is 1. The largest absolute Gasteiger partial charge is 0.447 e. The molecular weight excluding hydrogens is 239 g/mol. The van der Waals surface area contributed by atoms with Crippen molar-refractivity contribution in [3.8, 4) is 0 Å². The third-order valence-electron chi connectivity index (χ3n) is 2.57. The first kappa shape index (κ1) is 13.8. The SMILES string of the molecule is CC(C)[C@H]1COC(=O)N1C(=O)CCC(F)(F)F. The van der Waals surface area contributed by atoms with E-state index >= 15 is 0 Å². The molecule has 1 saturated heterocycles. The van der Waals surface area contributed by atoms with Crippen molar-refractivity contribution < 1.29 is 27.5 Å². The van der Waals surface area contributed by atoms with Crippen LogP contribution in [0.15, 0.2) is 0 Å². The third-order valence-corrected chi connectivity index (χ3v) is 2.57. The molecule has 0 aromatic rings. The first-order chi connectivity index (χ1) is 7.72. The van der Waals surface area contributed by atoms with Gasteiger partial charge in [-0.2, -0.15) is 13.2 Å². The minimum atomic E-state index is -4.40. The summed E-state index contributed by atoms with van der Waals surface area (Å²) in [7, 11) is 0. The second-order valence-electron chi connectivity index (χ2n) is 4.27. The second-order valence-corrected chi connectivity index (χ2v) is 4.27. The molecule has 1 aliphatic rings. The molecule has 0 saturated carbocycles. The number of rotatable bonds is 3. The Bertz CT molecular complexity index is 314. The zero-order valence-corrected chi connectivity index (χ0v) is 9.58. The number of halogens is 3. The summed E-state index contributed by atoms with van der Waals surface area (Å²) in [6.07, 6.45) is -7.19. The summed E-state index contributed by atoms with van der Waals surface area (Å²) in [4.78, 5) is 23.6. The van der Waals surface area contributed by atoms with Gasteiger partial charge in [-0.15, -0.1) is 0 Å². The molecule has 1 atom stereocenters. The first-order valence-electron chi connectivity index (χ1n) is 5.28. The molecule has 0 bridgehead atoms. The minimum absolute atomic E-state index is 0.0451. The highest BCUT2D eigenvalue weighted by atomic mass is 19.4. The van der Waals surface area contributed by atoms with Crippen LogP contribution in [0.3, 0.4) is 0 Å². The number of cyclic esters (lactones) is 1. The van der Waals surface area contributed by atoms with Gasteiger partial charge < -0.3 is 4.74 Å². The van der Waals surface area contributed by atoms with E-state index < -0.39 is 37.1 Å². The molecule has 1 rings (SSSR count). The fourth-order valence-electron chi connectivity index (χ4n) is 1.58. The molecular formula is C10H14F3NO3. The minimum Gasteiger partial charge on any atom is -0.447 e. The Kier molecular flexibility index (Phi) is 4.00. The van der Waals surface area contributed by atoms with E-state index in [1.165, 1.54) is 0 Å². The molecule has 0 unspecified atom stereocenters. The van der Waals surface area contributed by atoms with E-state index in [0.29, 0.717) is 0 Å². The Balaban J connectivity index is 2.63. The average Bonchev–Trinajstić information content (AvgIpc) is 2.55. The Morgan fingerprint density at radius 3 is 2.59 bits per heavy atom. The molecule has 2 amide bonds. The molecule has 17 heavy (non-hydrogen) atoms.